The summed E-state index contributed by atoms with van der Waals surface area (Å²) in [5, 5.41) is 7.30. The molecule has 0 aliphatic rings. The van der Waals surface area contributed by atoms with Gasteiger partial charge in [0.2, 0.25) is 0 Å². The highest BCUT2D eigenvalue weighted by Crippen LogP contribution is 2.25. The van der Waals surface area contributed by atoms with Crippen LogP contribution < -0.4 is 5.32 Å². The summed E-state index contributed by atoms with van der Waals surface area (Å²) in [4.78, 5) is 12.7. The third kappa shape index (κ3) is 3.13. The largest absolute Gasteiger partial charge is 0.321 e. The van der Waals surface area contributed by atoms with Crippen LogP contribution in [0.4, 0.5) is 10.1 Å². The minimum Gasteiger partial charge on any atom is -0.321 e. The maximum absolute atomic E-state index is 13.0. The third-order valence-electron chi connectivity index (χ3n) is 2.91. The zero-order valence-electron chi connectivity index (χ0n) is 11.1. The summed E-state index contributed by atoms with van der Waals surface area (Å²) < 4.78 is 16.8. The van der Waals surface area contributed by atoms with Crippen LogP contribution in [-0.4, -0.2) is 15.5 Å². The van der Waals surface area contributed by atoms with Gasteiger partial charge in [-0.25, -0.2) is 4.39 Å². The van der Waals surface area contributed by atoms with Gasteiger partial charge in [0.25, 0.3) is 5.91 Å². The summed E-state index contributed by atoms with van der Waals surface area (Å²) in [5.74, 6) is -0.671. The molecule has 0 radical (unpaired) electrons. The Kier molecular flexibility index (Phi) is 4.13. The predicted molar refractivity (Wildman–Crippen MR) is 84.7 cm³/mol. The molecule has 0 aliphatic heterocycles. The van der Waals surface area contributed by atoms with Gasteiger partial charge in [-0.3, -0.25) is 4.79 Å². The van der Waals surface area contributed by atoms with Crippen LogP contribution in [0, 0.1) is 5.82 Å². The number of anilines is 1. The molecule has 0 saturated heterocycles. The van der Waals surface area contributed by atoms with Gasteiger partial charge in [-0.2, -0.15) is 0 Å². The maximum atomic E-state index is 13.0. The molecule has 2 aromatic carbocycles. The molecule has 0 spiro atoms. The fraction of sp³-hybridized carbons (Fsp3) is 0. The smallest absolute Gasteiger partial charge is 0.269 e. The van der Waals surface area contributed by atoms with E-state index in [-0.39, 0.29) is 11.7 Å². The number of hydrogen-bond acceptors (Lipinski definition) is 4. The van der Waals surface area contributed by atoms with Crippen LogP contribution in [0.5, 0.6) is 0 Å². The highest BCUT2D eigenvalue weighted by atomic mass is 35.5. The van der Waals surface area contributed by atoms with Crippen LogP contribution >= 0.6 is 23.1 Å². The van der Waals surface area contributed by atoms with Gasteiger partial charge < -0.3 is 5.32 Å². The Labute approximate surface area is 134 Å². The highest BCUT2D eigenvalue weighted by molar-refractivity contribution is 7.08. The Balaban J connectivity index is 1.86. The summed E-state index contributed by atoms with van der Waals surface area (Å²) in [6.45, 7) is 0. The first kappa shape index (κ1) is 14.6. The van der Waals surface area contributed by atoms with Crippen molar-refractivity contribution in [2.24, 2.45) is 0 Å². The number of aromatic nitrogens is 2. The molecule has 0 aliphatic carbocycles. The second-order valence-corrected chi connectivity index (χ2v) is 5.61. The molecule has 7 heteroatoms. The molecule has 3 rings (SSSR count). The first-order valence-electron chi connectivity index (χ1n) is 6.29. The molecule has 3 aromatic rings. The minimum atomic E-state index is -0.348. The molecule has 1 amide bonds. The molecule has 4 nitrogen and oxygen atoms in total. The number of carbonyl (C=O) groups excluding carboxylic acids is 1. The SMILES string of the molecule is O=C(Nc1ccc(Cl)cc1)c1snnc1-c1ccc(F)cc1. The van der Waals surface area contributed by atoms with Crippen LogP contribution in [0.15, 0.2) is 48.5 Å². The standard InChI is InChI=1S/C15H9ClFN3OS/c16-10-3-7-12(8-4-10)18-15(21)14-13(19-20-22-14)9-1-5-11(17)6-2-9/h1-8H,(H,18,21). The van der Waals surface area contributed by atoms with E-state index in [1.54, 1.807) is 36.4 Å². The normalized spacial score (nSPS) is 10.5. The second-order valence-electron chi connectivity index (χ2n) is 4.42. The van der Waals surface area contributed by atoms with E-state index in [0.717, 1.165) is 11.5 Å². The molecule has 1 heterocycles. The molecular formula is C15H9ClFN3OS. The number of rotatable bonds is 3. The lowest BCUT2D eigenvalue weighted by Gasteiger charge is -2.05. The van der Waals surface area contributed by atoms with Crippen molar-refractivity contribution in [2.75, 3.05) is 5.32 Å². The van der Waals surface area contributed by atoms with Crippen molar-refractivity contribution in [3.63, 3.8) is 0 Å². The van der Waals surface area contributed by atoms with Crippen LogP contribution in [-0.2, 0) is 0 Å². The molecule has 0 atom stereocenters. The number of hydrogen-bond donors (Lipinski definition) is 1. The van der Waals surface area contributed by atoms with E-state index in [0.29, 0.717) is 26.8 Å². The number of benzene rings is 2. The molecule has 0 fully saturated rings. The van der Waals surface area contributed by atoms with Crippen molar-refractivity contribution in [2.45, 2.75) is 0 Å². The predicted octanol–water partition coefficient (Wildman–Crippen LogP) is 4.25. The van der Waals surface area contributed by atoms with E-state index < -0.39 is 0 Å². The number of carbonyl (C=O) groups is 1. The average Bonchev–Trinajstić information content (AvgIpc) is 3.00. The van der Waals surface area contributed by atoms with Crippen molar-refractivity contribution in [3.05, 3.63) is 64.2 Å². The van der Waals surface area contributed by atoms with Crippen LogP contribution in [0.3, 0.4) is 0 Å². The summed E-state index contributed by atoms with van der Waals surface area (Å²) >= 11 is 6.79. The fourth-order valence-corrected chi connectivity index (χ4v) is 2.57. The molecule has 1 aromatic heterocycles. The lowest BCUT2D eigenvalue weighted by Crippen LogP contribution is -2.11. The topological polar surface area (TPSA) is 54.9 Å². The summed E-state index contributed by atoms with van der Waals surface area (Å²) in [5.41, 5.74) is 1.68. The zero-order valence-corrected chi connectivity index (χ0v) is 12.7. The Hall–Kier alpha value is -2.31. The molecule has 22 heavy (non-hydrogen) atoms. The quantitative estimate of drug-likeness (QED) is 0.779. The summed E-state index contributed by atoms with van der Waals surface area (Å²) in [6, 6.07) is 12.5. The van der Waals surface area contributed by atoms with E-state index in [1.807, 2.05) is 0 Å². The van der Waals surface area contributed by atoms with E-state index in [2.05, 4.69) is 14.9 Å². The van der Waals surface area contributed by atoms with E-state index in [9.17, 15) is 9.18 Å². The first-order valence-corrected chi connectivity index (χ1v) is 7.44. The third-order valence-corrected chi connectivity index (χ3v) is 3.89. The second kappa shape index (κ2) is 6.21. The molecule has 0 unspecified atom stereocenters. The number of halogens is 2. The van der Waals surface area contributed by atoms with Gasteiger partial charge in [-0.15, -0.1) is 5.10 Å². The van der Waals surface area contributed by atoms with Gasteiger partial charge in [0, 0.05) is 16.3 Å². The lowest BCUT2D eigenvalue weighted by atomic mass is 10.1. The number of nitrogens with zero attached hydrogens (tertiary/aromatic N) is 2. The van der Waals surface area contributed by atoms with Crippen LogP contribution in [0.25, 0.3) is 11.3 Å². The minimum absolute atomic E-state index is 0.323. The lowest BCUT2D eigenvalue weighted by molar-refractivity contribution is 0.103. The van der Waals surface area contributed by atoms with Gasteiger partial charge in [0.15, 0.2) is 0 Å². The monoisotopic (exact) mass is 333 g/mol. The van der Waals surface area contributed by atoms with Gasteiger partial charge >= 0.3 is 0 Å². The molecule has 0 saturated carbocycles. The Morgan fingerprint density at radius 2 is 1.77 bits per heavy atom. The maximum Gasteiger partial charge on any atom is 0.269 e. The van der Waals surface area contributed by atoms with Gasteiger partial charge in [-0.1, -0.05) is 16.1 Å². The van der Waals surface area contributed by atoms with Gasteiger partial charge in [-0.05, 0) is 60.1 Å². The van der Waals surface area contributed by atoms with Crippen LogP contribution in [0.2, 0.25) is 5.02 Å². The molecule has 110 valence electrons. The van der Waals surface area contributed by atoms with Crippen molar-refractivity contribution < 1.29 is 9.18 Å². The van der Waals surface area contributed by atoms with Crippen LogP contribution in [0.1, 0.15) is 9.67 Å². The Morgan fingerprint density at radius 3 is 2.45 bits per heavy atom. The van der Waals surface area contributed by atoms with E-state index >= 15 is 0 Å². The molecule has 0 bridgehead atoms. The fourth-order valence-electron chi connectivity index (χ4n) is 1.86. The van der Waals surface area contributed by atoms with Gasteiger partial charge in [0.05, 0.1) is 0 Å². The zero-order chi connectivity index (χ0) is 15.5. The van der Waals surface area contributed by atoms with Crippen molar-refractivity contribution in [3.8, 4) is 11.3 Å². The van der Waals surface area contributed by atoms with E-state index in [1.165, 1.54) is 12.1 Å². The molecular weight excluding hydrogens is 325 g/mol. The summed E-state index contributed by atoms with van der Waals surface area (Å²) in [7, 11) is 0. The summed E-state index contributed by atoms with van der Waals surface area (Å²) in [6.07, 6.45) is 0. The average molecular weight is 334 g/mol. The van der Waals surface area contributed by atoms with Gasteiger partial charge in [0.1, 0.15) is 16.4 Å². The van der Waals surface area contributed by atoms with Crippen molar-refractivity contribution in [1.29, 1.82) is 0 Å². The van der Waals surface area contributed by atoms with Crippen molar-refractivity contribution in [1.82, 2.24) is 9.59 Å². The Bertz CT molecular complexity index is 802. The Morgan fingerprint density at radius 1 is 1.09 bits per heavy atom. The highest BCUT2D eigenvalue weighted by Gasteiger charge is 2.18. The number of amides is 1. The van der Waals surface area contributed by atoms with Crippen molar-refractivity contribution >= 4 is 34.7 Å². The number of nitrogens with one attached hydrogen (secondary N) is 1. The molecule has 1 N–H and O–H groups in total. The van der Waals surface area contributed by atoms with E-state index in [4.69, 9.17) is 11.6 Å². The first-order chi connectivity index (χ1) is 10.6.